The van der Waals surface area contributed by atoms with E-state index in [1.54, 1.807) is 26.8 Å². The first kappa shape index (κ1) is 20.1. The molecule has 27 heavy (non-hydrogen) atoms. The molecular weight excluding hydrogens is 354 g/mol. The standard InChI is InChI=1S/C18H21N3O6/c1-9(2)17-15(12(5)20-27-17)18(23)26-8-14(22)19-16-11(4)10(3)6-7-13(16)21(24)25/h6-7,9H,8H2,1-5H3,(H,19,22). The van der Waals surface area contributed by atoms with Gasteiger partial charge in [0.1, 0.15) is 11.3 Å². The smallest absolute Gasteiger partial charge is 0.344 e. The number of ether oxygens (including phenoxy) is 1. The number of esters is 1. The van der Waals surface area contributed by atoms with E-state index in [0.717, 1.165) is 5.56 Å². The number of carbonyl (C=O) groups excluding carboxylic acids is 2. The second kappa shape index (κ2) is 7.98. The third kappa shape index (κ3) is 4.30. The molecule has 1 N–H and O–H groups in total. The van der Waals surface area contributed by atoms with E-state index in [1.807, 2.05) is 13.8 Å². The second-order valence-corrected chi connectivity index (χ2v) is 6.44. The first-order valence-electron chi connectivity index (χ1n) is 8.31. The van der Waals surface area contributed by atoms with Crippen molar-refractivity contribution in [3.63, 3.8) is 0 Å². The molecule has 144 valence electrons. The van der Waals surface area contributed by atoms with Crippen LogP contribution in [0.25, 0.3) is 0 Å². The normalized spacial score (nSPS) is 10.7. The summed E-state index contributed by atoms with van der Waals surface area (Å²) in [5, 5.41) is 17.4. The van der Waals surface area contributed by atoms with Gasteiger partial charge < -0.3 is 14.6 Å². The summed E-state index contributed by atoms with van der Waals surface area (Å²) in [4.78, 5) is 35.1. The lowest BCUT2D eigenvalue weighted by molar-refractivity contribution is -0.384. The molecule has 0 saturated heterocycles. The van der Waals surface area contributed by atoms with Crippen LogP contribution in [0.1, 0.15) is 52.7 Å². The summed E-state index contributed by atoms with van der Waals surface area (Å²) >= 11 is 0. The average molecular weight is 375 g/mol. The Morgan fingerprint density at radius 3 is 2.56 bits per heavy atom. The van der Waals surface area contributed by atoms with Crippen LogP contribution in [0, 0.1) is 30.9 Å². The summed E-state index contributed by atoms with van der Waals surface area (Å²) in [6, 6.07) is 2.92. The van der Waals surface area contributed by atoms with Crippen molar-refractivity contribution in [1.82, 2.24) is 5.16 Å². The number of aryl methyl sites for hydroxylation is 2. The van der Waals surface area contributed by atoms with E-state index in [0.29, 0.717) is 17.0 Å². The molecule has 2 aromatic rings. The number of nitro groups is 1. The van der Waals surface area contributed by atoms with E-state index in [-0.39, 0.29) is 22.9 Å². The van der Waals surface area contributed by atoms with Gasteiger partial charge in [-0.3, -0.25) is 14.9 Å². The number of carbonyl (C=O) groups is 2. The fourth-order valence-corrected chi connectivity index (χ4v) is 2.52. The molecule has 0 aliphatic rings. The molecule has 1 aromatic carbocycles. The van der Waals surface area contributed by atoms with Gasteiger partial charge in [-0.2, -0.15) is 0 Å². The van der Waals surface area contributed by atoms with Crippen LogP contribution in [0.2, 0.25) is 0 Å². The molecule has 0 aliphatic carbocycles. The number of aromatic nitrogens is 1. The first-order valence-corrected chi connectivity index (χ1v) is 8.31. The molecule has 0 bridgehead atoms. The summed E-state index contributed by atoms with van der Waals surface area (Å²) in [6.45, 7) is 8.12. The minimum atomic E-state index is -0.733. The molecule has 1 aromatic heterocycles. The van der Waals surface area contributed by atoms with Crippen molar-refractivity contribution in [2.75, 3.05) is 11.9 Å². The molecule has 0 aliphatic heterocycles. The zero-order valence-electron chi connectivity index (χ0n) is 15.8. The van der Waals surface area contributed by atoms with E-state index >= 15 is 0 Å². The SMILES string of the molecule is Cc1ccc([N+](=O)[O-])c(NC(=O)COC(=O)c2c(C)noc2C(C)C)c1C. The number of hydrogen-bond donors (Lipinski definition) is 1. The van der Waals surface area contributed by atoms with Crippen LogP contribution in [0.15, 0.2) is 16.7 Å². The number of benzene rings is 1. The number of nitro benzene ring substituents is 1. The number of nitrogens with one attached hydrogen (secondary N) is 1. The van der Waals surface area contributed by atoms with Gasteiger partial charge in [0.25, 0.3) is 11.6 Å². The molecule has 0 spiro atoms. The van der Waals surface area contributed by atoms with Crippen LogP contribution in [0.4, 0.5) is 11.4 Å². The highest BCUT2D eigenvalue weighted by Crippen LogP contribution is 2.30. The average Bonchev–Trinajstić information content (AvgIpc) is 2.98. The molecule has 0 atom stereocenters. The van der Waals surface area contributed by atoms with Gasteiger partial charge in [0, 0.05) is 12.0 Å². The van der Waals surface area contributed by atoms with Crippen LogP contribution in [0.5, 0.6) is 0 Å². The number of nitrogens with zero attached hydrogens (tertiary/aromatic N) is 2. The van der Waals surface area contributed by atoms with E-state index < -0.39 is 23.4 Å². The van der Waals surface area contributed by atoms with E-state index in [2.05, 4.69) is 10.5 Å². The highest BCUT2D eigenvalue weighted by Gasteiger charge is 2.25. The maximum absolute atomic E-state index is 12.3. The Morgan fingerprint density at radius 2 is 1.96 bits per heavy atom. The van der Waals surface area contributed by atoms with Gasteiger partial charge in [-0.15, -0.1) is 0 Å². The Balaban J connectivity index is 2.12. The van der Waals surface area contributed by atoms with Gasteiger partial charge in [-0.25, -0.2) is 4.79 Å². The third-order valence-electron chi connectivity index (χ3n) is 4.13. The third-order valence-corrected chi connectivity index (χ3v) is 4.13. The zero-order chi connectivity index (χ0) is 20.3. The van der Waals surface area contributed by atoms with Crippen molar-refractivity contribution < 1.29 is 23.8 Å². The summed E-state index contributed by atoms with van der Waals surface area (Å²) in [5.41, 5.74) is 1.78. The van der Waals surface area contributed by atoms with Crippen molar-refractivity contribution in [1.29, 1.82) is 0 Å². The second-order valence-electron chi connectivity index (χ2n) is 6.44. The predicted molar refractivity (Wildman–Crippen MR) is 96.8 cm³/mol. The Morgan fingerprint density at radius 1 is 1.30 bits per heavy atom. The van der Waals surface area contributed by atoms with Gasteiger partial charge in [0.2, 0.25) is 0 Å². The van der Waals surface area contributed by atoms with Crippen molar-refractivity contribution in [3.8, 4) is 0 Å². The Labute approximate surface area is 155 Å². The maximum Gasteiger partial charge on any atom is 0.344 e. The van der Waals surface area contributed by atoms with Crippen molar-refractivity contribution in [2.24, 2.45) is 0 Å². The van der Waals surface area contributed by atoms with Gasteiger partial charge in [-0.05, 0) is 31.9 Å². The molecule has 9 heteroatoms. The van der Waals surface area contributed by atoms with Crippen LogP contribution in [-0.2, 0) is 9.53 Å². The Bertz CT molecular complexity index is 901. The molecule has 0 radical (unpaired) electrons. The number of hydrogen-bond acceptors (Lipinski definition) is 7. The first-order chi connectivity index (χ1) is 12.6. The summed E-state index contributed by atoms with van der Waals surface area (Å²) in [5.74, 6) is -1.12. The van der Waals surface area contributed by atoms with Gasteiger partial charge >= 0.3 is 5.97 Å². The van der Waals surface area contributed by atoms with Crippen LogP contribution in [0.3, 0.4) is 0 Å². The van der Waals surface area contributed by atoms with Crippen molar-refractivity contribution in [2.45, 2.75) is 40.5 Å². The maximum atomic E-state index is 12.3. The predicted octanol–water partition coefficient (Wildman–Crippen LogP) is 3.43. The minimum absolute atomic E-state index is 0.0832. The summed E-state index contributed by atoms with van der Waals surface area (Å²) < 4.78 is 10.2. The minimum Gasteiger partial charge on any atom is -0.452 e. The van der Waals surface area contributed by atoms with E-state index in [9.17, 15) is 19.7 Å². The largest absolute Gasteiger partial charge is 0.452 e. The lowest BCUT2D eigenvalue weighted by Gasteiger charge is -2.11. The highest BCUT2D eigenvalue weighted by atomic mass is 16.6. The van der Waals surface area contributed by atoms with Gasteiger partial charge in [0.15, 0.2) is 12.4 Å². The van der Waals surface area contributed by atoms with E-state index in [1.165, 1.54) is 6.07 Å². The molecular formula is C18H21N3O6. The van der Waals surface area contributed by atoms with Crippen LogP contribution >= 0.6 is 0 Å². The number of rotatable bonds is 6. The van der Waals surface area contributed by atoms with Crippen molar-refractivity contribution in [3.05, 3.63) is 50.4 Å². The molecule has 1 amide bonds. The Kier molecular flexibility index (Phi) is 5.94. The van der Waals surface area contributed by atoms with Crippen LogP contribution in [-0.4, -0.2) is 28.6 Å². The van der Waals surface area contributed by atoms with Gasteiger partial charge in [0.05, 0.1) is 10.6 Å². The highest BCUT2D eigenvalue weighted by molar-refractivity contribution is 5.98. The quantitative estimate of drug-likeness (QED) is 0.466. The summed E-state index contributed by atoms with van der Waals surface area (Å²) in [7, 11) is 0. The fourth-order valence-electron chi connectivity index (χ4n) is 2.52. The molecule has 2 rings (SSSR count). The Hall–Kier alpha value is -3.23. The van der Waals surface area contributed by atoms with Crippen molar-refractivity contribution >= 4 is 23.3 Å². The number of anilines is 1. The lowest BCUT2D eigenvalue weighted by Crippen LogP contribution is -2.22. The van der Waals surface area contributed by atoms with Gasteiger partial charge in [-0.1, -0.05) is 25.1 Å². The molecule has 9 nitrogen and oxygen atoms in total. The lowest BCUT2D eigenvalue weighted by atomic mass is 10.1. The topological polar surface area (TPSA) is 125 Å². The molecule has 0 saturated carbocycles. The van der Waals surface area contributed by atoms with E-state index in [4.69, 9.17) is 9.26 Å². The fraction of sp³-hybridized carbons (Fsp3) is 0.389. The molecule has 1 heterocycles. The number of amides is 1. The summed E-state index contributed by atoms with van der Waals surface area (Å²) in [6.07, 6.45) is 0. The molecule has 0 unspecified atom stereocenters. The van der Waals surface area contributed by atoms with Crippen LogP contribution < -0.4 is 5.32 Å². The monoisotopic (exact) mass is 375 g/mol. The molecule has 0 fully saturated rings. The zero-order valence-corrected chi connectivity index (χ0v) is 15.8.